The molecule has 0 bridgehead atoms. The number of benzene rings is 1. The first-order valence-electron chi connectivity index (χ1n) is 11.7. The van der Waals surface area contributed by atoms with Gasteiger partial charge in [-0.1, -0.05) is 0 Å². The van der Waals surface area contributed by atoms with Crippen molar-refractivity contribution >= 4 is 11.8 Å². The van der Waals surface area contributed by atoms with Gasteiger partial charge >= 0.3 is 0 Å². The summed E-state index contributed by atoms with van der Waals surface area (Å²) in [5.74, 6) is -0.180. The van der Waals surface area contributed by atoms with E-state index < -0.39 is 86.3 Å². The van der Waals surface area contributed by atoms with Crippen LogP contribution in [0.25, 0.3) is 0 Å². The number of hydrogen-bond donors (Lipinski definition) is 7. The largest absolute Gasteiger partial charge is 0.497 e. The molecule has 14 heteroatoms. The maximum absolute atomic E-state index is 11.9. The van der Waals surface area contributed by atoms with Crippen molar-refractivity contribution in [3.63, 3.8) is 0 Å². The van der Waals surface area contributed by atoms with E-state index in [1.165, 1.54) is 21.0 Å². The molecule has 3 rings (SSSR count). The van der Waals surface area contributed by atoms with Crippen molar-refractivity contribution in [3.8, 4) is 11.5 Å². The van der Waals surface area contributed by atoms with Gasteiger partial charge in [0.05, 0.1) is 20.3 Å². The Kier molecular flexibility index (Phi) is 10.0. The second-order valence-corrected chi connectivity index (χ2v) is 8.77. The molecule has 1 aromatic rings. The first kappa shape index (κ1) is 29.0. The lowest BCUT2D eigenvalue weighted by molar-refractivity contribution is -0.325. The monoisotopic (exact) mass is 530 g/mol. The quantitative estimate of drug-likeness (QED) is 0.170. The molecule has 0 unspecified atom stereocenters. The lowest BCUT2D eigenvalue weighted by Crippen LogP contribution is -2.69. The van der Waals surface area contributed by atoms with Crippen molar-refractivity contribution < 1.29 is 58.8 Å². The Balaban J connectivity index is 1.85. The van der Waals surface area contributed by atoms with Gasteiger partial charge in [-0.05, 0) is 24.3 Å². The predicted octanol–water partition coefficient (Wildman–Crippen LogP) is -3.01. The van der Waals surface area contributed by atoms with Crippen LogP contribution in [0.15, 0.2) is 24.3 Å². The fourth-order valence-corrected chi connectivity index (χ4v) is 4.25. The number of methoxy groups -OCH3 is 1. The Morgan fingerprint density at radius 3 is 1.84 bits per heavy atom. The van der Waals surface area contributed by atoms with Gasteiger partial charge in [0.2, 0.25) is 18.1 Å². The first-order chi connectivity index (χ1) is 17.6. The topological polar surface area (TPSA) is 206 Å². The van der Waals surface area contributed by atoms with Crippen LogP contribution in [0.2, 0.25) is 0 Å². The normalized spacial score (nSPS) is 35.9. The summed E-state index contributed by atoms with van der Waals surface area (Å²) in [6.07, 6.45) is -11.2. The molecule has 0 spiro atoms. The first-order valence-corrected chi connectivity index (χ1v) is 11.7. The zero-order chi connectivity index (χ0) is 27.3. The number of ether oxygens (including phenoxy) is 5. The van der Waals surface area contributed by atoms with E-state index in [1.54, 1.807) is 24.3 Å². The average molecular weight is 531 g/mol. The van der Waals surface area contributed by atoms with E-state index in [4.69, 9.17) is 23.7 Å². The van der Waals surface area contributed by atoms with Crippen molar-refractivity contribution in [3.05, 3.63) is 24.3 Å². The maximum Gasteiger partial charge on any atom is 0.223 e. The Hall–Kier alpha value is -2.56. The predicted molar refractivity (Wildman–Crippen MR) is 123 cm³/mol. The number of amides is 2. The minimum absolute atomic E-state index is 0.327. The van der Waals surface area contributed by atoms with E-state index >= 15 is 0 Å². The van der Waals surface area contributed by atoms with E-state index in [-0.39, 0.29) is 0 Å². The zero-order valence-electron chi connectivity index (χ0n) is 20.6. The summed E-state index contributed by atoms with van der Waals surface area (Å²) < 4.78 is 28.2. The number of rotatable bonds is 9. The van der Waals surface area contributed by atoms with E-state index in [9.17, 15) is 35.1 Å². The Bertz CT molecular complexity index is 902. The molecule has 37 heavy (non-hydrogen) atoms. The van der Waals surface area contributed by atoms with Gasteiger partial charge in [0.1, 0.15) is 60.2 Å². The highest BCUT2D eigenvalue weighted by Crippen LogP contribution is 2.31. The fraction of sp³-hybridized carbons (Fsp3) is 0.652. The van der Waals surface area contributed by atoms with Gasteiger partial charge in [0.25, 0.3) is 0 Å². The van der Waals surface area contributed by atoms with Gasteiger partial charge in [-0.3, -0.25) is 9.59 Å². The molecule has 2 fully saturated rings. The molecule has 0 radical (unpaired) electrons. The highest BCUT2D eigenvalue weighted by molar-refractivity contribution is 5.73. The molecule has 0 saturated carbocycles. The molecular weight excluding hydrogens is 496 g/mol. The molecule has 0 aromatic heterocycles. The molecule has 1 aromatic carbocycles. The van der Waals surface area contributed by atoms with Crippen LogP contribution in [0, 0.1) is 0 Å². The average Bonchev–Trinajstić information content (AvgIpc) is 2.87. The third kappa shape index (κ3) is 6.86. The van der Waals surface area contributed by atoms with Gasteiger partial charge in [-0.15, -0.1) is 0 Å². The molecule has 2 saturated heterocycles. The smallest absolute Gasteiger partial charge is 0.223 e. The molecule has 14 nitrogen and oxygen atoms in total. The van der Waals surface area contributed by atoms with Crippen molar-refractivity contribution in [2.24, 2.45) is 0 Å². The number of hydrogen-bond acceptors (Lipinski definition) is 12. The molecule has 2 aliphatic heterocycles. The Morgan fingerprint density at radius 1 is 0.811 bits per heavy atom. The second kappa shape index (κ2) is 12.8. The molecule has 10 atom stereocenters. The van der Waals surface area contributed by atoms with Crippen molar-refractivity contribution in [2.75, 3.05) is 20.3 Å². The molecule has 2 heterocycles. The summed E-state index contributed by atoms with van der Waals surface area (Å²) in [6.45, 7) is 1.08. The van der Waals surface area contributed by atoms with Crippen LogP contribution >= 0.6 is 0 Å². The van der Waals surface area contributed by atoms with Gasteiger partial charge in [0, 0.05) is 13.8 Å². The lowest BCUT2D eigenvalue weighted by atomic mass is 9.94. The highest BCUT2D eigenvalue weighted by Gasteiger charge is 2.52. The number of nitrogens with one attached hydrogen (secondary N) is 2. The van der Waals surface area contributed by atoms with Gasteiger partial charge in [-0.25, -0.2) is 0 Å². The van der Waals surface area contributed by atoms with E-state index in [2.05, 4.69) is 10.6 Å². The van der Waals surface area contributed by atoms with Crippen LogP contribution in [0.4, 0.5) is 0 Å². The van der Waals surface area contributed by atoms with Crippen LogP contribution in [0.1, 0.15) is 13.8 Å². The molecule has 0 aliphatic carbocycles. The van der Waals surface area contributed by atoms with Crippen LogP contribution in [0.5, 0.6) is 11.5 Å². The third-order valence-corrected chi connectivity index (χ3v) is 6.08. The zero-order valence-corrected chi connectivity index (χ0v) is 20.6. The van der Waals surface area contributed by atoms with Crippen LogP contribution in [-0.2, 0) is 23.8 Å². The summed E-state index contributed by atoms with van der Waals surface area (Å²) in [5, 5.41) is 56.5. The minimum Gasteiger partial charge on any atom is -0.497 e. The summed E-state index contributed by atoms with van der Waals surface area (Å²) in [6, 6.07) is 3.97. The van der Waals surface area contributed by atoms with Crippen LogP contribution in [-0.4, -0.2) is 119 Å². The summed E-state index contributed by atoms with van der Waals surface area (Å²) in [4.78, 5) is 23.6. The SMILES string of the molecule is COc1ccc(O[C@@H]2O[C@H](CO)[C@@H](O[C@@H]3O[C@H](CO)[C@H](O)[C@H](O)[C@H]3NC(C)=O)[C@H](O)[C@H]2NC(C)=O)cc1. The number of aliphatic hydroxyl groups is 5. The van der Waals surface area contributed by atoms with Crippen LogP contribution < -0.4 is 20.1 Å². The standard InChI is InChI=1S/C23H34N2O12/c1-10(28)24-16-19(31)18(30)14(8-26)35-23(16)37-21-15(9-27)36-22(17(20(21)32)25-11(2)29)34-13-6-4-12(33-3)5-7-13/h4-7,14-23,26-27,30-32H,8-9H2,1-3H3,(H,24,28)(H,25,29)/t14-,15-,16-,17-,18+,19-,20-,21-,22-,23+/m1/s1. The van der Waals surface area contributed by atoms with Crippen molar-refractivity contribution in [1.82, 2.24) is 10.6 Å². The molecule has 2 amide bonds. The molecular formula is C23H34N2O12. The second-order valence-electron chi connectivity index (χ2n) is 8.77. The highest BCUT2D eigenvalue weighted by atomic mass is 16.7. The minimum atomic E-state index is -1.59. The summed E-state index contributed by atoms with van der Waals surface area (Å²) in [5.41, 5.74) is 0. The van der Waals surface area contributed by atoms with Crippen molar-refractivity contribution in [1.29, 1.82) is 0 Å². The molecule has 208 valence electrons. The molecule has 7 N–H and O–H groups in total. The molecule has 2 aliphatic rings. The van der Waals surface area contributed by atoms with Crippen molar-refractivity contribution in [2.45, 2.75) is 75.1 Å². The van der Waals surface area contributed by atoms with E-state index in [0.717, 1.165) is 0 Å². The number of carbonyl (C=O) groups is 2. The van der Waals surface area contributed by atoms with E-state index in [0.29, 0.717) is 11.5 Å². The Labute approximate surface area is 213 Å². The van der Waals surface area contributed by atoms with Crippen LogP contribution in [0.3, 0.4) is 0 Å². The van der Waals surface area contributed by atoms with Gasteiger partial charge in [0.15, 0.2) is 6.29 Å². The fourth-order valence-electron chi connectivity index (χ4n) is 4.25. The van der Waals surface area contributed by atoms with Gasteiger partial charge in [-0.2, -0.15) is 0 Å². The summed E-state index contributed by atoms with van der Waals surface area (Å²) >= 11 is 0. The number of carbonyl (C=O) groups excluding carboxylic acids is 2. The Morgan fingerprint density at radius 2 is 1.32 bits per heavy atom. The number of aliphatic hydroxyl groups excluding tert-OH is 5. The lowest BCUT2D eigenvalue weighted by Gasteiger charge is -2.48. The maximum atomic E-state index is 11.9. The van der Waals surface area contributed by atoms with E-state index in [1.807, 2.05) is 0 Å². The third-order valence-electron chi connectivity index (χ3n) is 6.08. The summed E-state index contributed by atoms with van der Waals surface area (Å²) in [7, 11) is 1.50. The van der Waals surface area contributed by atoms with Gasteiger partial charge < -0.3 is 59.9 Å².